The SMILES string of the molecule is COc1ccc2[nH]c3c(c2c1)CCC3(C)C. The molecule has 16 heavy (non-hydrogen) atoms. The molecular formula is C14H17NO. The molecule has 0 fully saturated rings. The van der Waals surface area contributed by atoms with Crippen molar-refractivity contribution in [1.29, 1.82) is 0 Å². The van der Waals surface area contributed by atoms with Crippen molar-refractivity contribution in [1.82, 2.24) is 4.98 Å². The molecule has 2 heteroatoms. The summed E-state index contributed by atoms with van der Waals surface area (Å²) in [6.07, 6.45) is 2.41. The molecule has 1 aliphatic rings. The highest BCUT2D eigenvalue weighted by Crippen LogP contribution is 2.42. The Hall–Kier alpha value is -1.44. The van der Waals surface area contributed by atoms with Crippen molar-refractivity contribution < 1.29 is 4.74 Å². The fourth-order valence-corrected chi connectivity index (χ4v) is 2.75. The molecule has 0 spiro atoms. The van der Waals surface area contributed by atoms with Crippen LogP contribution in [-0.2, 0) is 11.8 Å². The van der Waals surface area contributed by atoms with Crippen molar-refractivity contribution in [2.45, 2.75) is 32.1 Å². The third-order valence-electron chi connectivity index (χ3n) is 3.79. The Balaban J connectivity index is 2.28. The third-order valence-corrected chi connectivity index (χ3v) is 3.79. The molecular weight excluding hydrogens is 198 g/mol. The zero-order valence-electron chi connectivity index (χ0n) is 10.1. The molecule has 0 radical (unpaired) electrons. The summed E-state index contributed by atoms with van der Waals surface area (Å²) >= 11 is 0. The standard InChI is InChI=1S/C14H17NO/c1-14(2)7-6-10-11-8-9(16-3)4-5-12(11)15-13(10)14/h4-5,8,15H,6-7H2,1-3H3. The second-order valence-electron chi connectivity index (χ2n) is 5.27. The maximum absolute atomic E-state index is 5.29. The summed E-state index contributed by atoms with van der Waals surface area (Å²) in [5.74, 6) is 0.944. The first-order valence-electron chi connectivity index (χ1n) is 5.81. The Morgan fingerprint density at radius 2 is 2.12 bits per heavy atom. The maximum atomic E-state index is 5.29. The van der Waals surface area contributed by atoms with Gasteiger partial charge in [-0.3, -0.25) is 0 Å². The van der Waals surface area contributed by atoms with E-state index < -0.39 is 0 Å². The van der Waals surface area contributed by atoms with E-state index in [-0.39, 0.29) is 0 Å². The first-order chi connectivity index (χ1) is 7.62. The number of fused-ring (bicyclic) bond motifs is 3. The van der Waals surface area contributed by atoms with Crippen LogP contribution in [0.2, 0.25) is 0 Å². The Bertz CT molecular complexity index is 551. The molecule has 2 nitrogen and oxygen atoms in total. The highest BCUT2D eigenvalue weighted by molar-refractivity contribution is 5.87. The molecule has 0 unspecified atom stereocenters. The summed E-state index contributed by atoms with van der Waals surface area (Å²) in [5.41, 5.74) is 4.43. The first kappa shape index (κ1) is 9.76. The fraction of sp³-hybridized carbons (Fsp3) is 0.429. The zero-order chi connectivity index (χ0) is 11.3. The number of hydrogen-bond donors (Lipinski definition) is 1. The molecule has 0 saturated heterocycles. The number of benzene rings is 1. The van der Waals surface area contributed by atoms with Crippen molar-refractivity contribution in [2.24, 2.45) is 0 Å². The van der Waals surface area contributed by atoms with Crippen LogP contribution in [-0.4, -0.2) is 12.1 Å². The number of H-pyrrole nitrogens is 1. The van der Waals surface area contributed by atoms with Crippen molar-refractivity contribution in [3.05, 3.63) is 29.5 Å². The normalized spacial score (nSPS) is 17.7. The minimum atomic E-state index is 0.293. The van der Waals surface area contributed by atoms with E-state index in [9.17, 15) is 0 Å². The van der Waals surface area contributed by atoms with E-state index in [1.165, 1.54) is 35.0 Å². The van der Waals surface area contributed by atoms with Gasteiger partial charge in [-0.1, -0.05) is 13.8 Å². The van der Waals surface area contributed by atoms with E-state index in [0.717, 1.165) is 5.75 Å². The molecule has 0 amide bonds. The van der Waals surface area contributed by atoms with Gasteiger partial charge < -0.3 is 9.72 Å². The third kappa shape index (κ3) is 1.19. The Morgan fingerprint density at radius 1 is 1.31 bits per heavy atom. The lowest BCUT2D eigenvalue weighted by Gasteiger charge is -2.16. The van der Waals surface area contributed by atoms with Crippen molar-refractivity contribution in [2.75, 3.05) is 7.11 Å². The predicted molar refractivity (Wildman–Crippen MR) is 66.2 cm³/mol. The van der Waals surface area contributed by atoms with Crippen LogP contribution in [0.4, 0.5) is 0 Å². The number of aromatic nitrogens is 1. The zero-order valence-corrected chi connectivity index (χ0v) is 10.1. The molecule has 0 atom stereocenters. The van der Waals surface area contributed by atoms with Crippen LogP contribution in [0.5, 0.6) is 5.75 Å². The van der Waals surface area contributed by atoms with Gasteiger partial charge in [0.25, 0.3) is 0 Å². The Kier molecular flexibility index (Phi) is 1.85. The van der Waals surface area contributed by atoms with Crippen LogP contribution in [0.15, 0.2) is 18.2 Å². The molecule has 1 aliphatic carbocycles. The van der Waals surface area contributed by atoms with Crippen molar-refractivity contribution in [3.63, 3.8) is 0 Å². The number of hydrogen-bond acceptors (Lipinski definition) is 1. The molecule has 3 rings (SSSR count). The van der Waals surface area contributed by atoms with Crippen LogP contribution < -0.4 is 4.74 Å². The second-order valence-corrected chi connectivity index (χ2v) is 5.27. The smallest absolute Gasteiger partial charge is 0.119 e. The van der Waals surface area contributed by atoms with E-state index in [4.69, 9.17) is 4.74 Å². The lowest BCUT2D eigenvalue weighted by Crippen LogP contribution is -2.12. The average Bonchev–Trinajstić information content (AvgIpc) is 2.77. The number of aryl methyl sites for hydroxylation is 1. The Labute approximate surface area is 95.6 Å². The summed E-state index contributed by atoms with van der Waals surface area (Å²) in [5, 5.41) is 1.33. The van der Waals surface area contributed by atoms with Crippen LogP contribution in [0.25, 0.3) is 10.9 Å². The van der Waals surface area contributed by atoms with Gasteiger partial charge in [0, 0.05) is 22.0 Å². The molecule has 1 aromatic heterocycles. The molecule has 0 bridgehead atoms. The highest BCUT2D eigenvalue weighted by Gasteiger charge is 2.32. The van der Waals surface area contributed by atoms with Gasteiger partial charge in [-0.05, 0) is 36.6 Å². The lowest BCUT2D eigenvalue weighted by molar-refractivity contribution is 0.415. The molecule has 84 valence electrons. The van der Waals surface area contributed by atoms with E-state index in [0.29, 0.717) is 5.41 Å². The minimum absolute atomic E-state index is 0.293. The molecule has 1 aromatic carbocycles. The lowest BCUT2D eigenvalue weighted by atomic mass is 9.91. The minimum Gasteiger partial charge on any atom is -0.497 e. The monoisotopic (exact) mass is 215 g/mol. The summed E-state index contributed by atoms with van der Waals surface area (Å²) in [6, 6.07) is 6.27. The van der Waals surface area contributed by atoms with Crippen molar-refractivity contribution in [3.8, 4) is 5.75 Å². The average molecular weight is 215 g/mol. The molecule has 0 aliphatic heterocycles. The van der Waals surface area contributed by atoms with Gasteiger partial charge in [0.05, 0.1) is 7.11 Å². The van der Waals surface area contributed by atoms with Gasteiger partial charge in [-0.25, -0.2) is 0 Å². The van der Waals surface area contributed by atoms with E-state index >= 15 is 0 Å². The fourth-order valence-electron chi connectivity index (χ4n) is 2.75. The number of aromatic amines is 1. The van der Waals surface area contributed by atoms with E-state index in [2.05, 4.69) is 31.0 Å². The summed E-state index contributed by atoms with van der Waals surface area (Å²) < 4.78 is 5.29. The van der Waals surface area contributed by atoms with Crippen LogP contribution in [0.3, 0.4) is 0 Å². The topological polar surface area (TPSA) is 25.0 Å². The van der Waals surface area contributed by atoms with Crippen LogP contribution in [0, 0.1) is 0 Å². The van der Waals surface area contributed by atoms with Crippen LogP contribution in [0.1, 0.15) is 31.5 Å². The summed E-state index contributed by atoms with van der Waals surface area (Å²) in [6.45, 7) is 4.62. The largest absolute Gasteiger partial charge is 0.497 e. The highest BCUT2D eigenvalue weighted by atomic mass is 16.5. The molecule has 1 heterocycles. The Morgan fingerprint density at radius 3 is 2.88 bits per heavy atom. The quantitative estimate of drug-likeness (QED) is 0.774. The molecule has 0 saturated carbocycles. The first-order valence-corrected chi connectivity index (χ1v) is 5.81. The van der Waals surface area contributed by atoms with Gasteiger partial charge in [-0.15, -0.1) is 0 Å². The van der Waals surface area contributed by atoms with Gasteiger partial charge >= 0.3 is 0 Å². The summed E-state index contributed by atoms with van der Waals surface area (Å²) in [4.78, 5) is 3.56. The van der Waals surface area contributed by atoms with E-state index in [1.807, 2.05) is 6.07 Å². The van der Waals surface area contributed by atoms with E-state index in [1.54, 1.807) is 7.11 Å². The number of rotatable bonds is 1. The van der Waals surface area contributed by atoms with Gasteiger partial charge in [0.15, 0.2) is 0 Å². The maximum Gasteiger partial charge on any atom is 0.119 e. The molecule has 2 aromatic rings. The number of nitrogens with one attached hydrogen (secondary N) is 1. The van der Waals surface area contributed by atoms with Crippen LogP contribution >= 0.6 is 0 Å². The predicted octanol–water partition coefficient (Wildman–Crippen LogP) is 3.40. The van der Waals surface area contributed by atoms with Gasteiger partial charge in [-0.2, -0.15) is 0 Å². The summed E-state index contributed by atoms with van der Waals surface area (Å²) in [7, 11) is 1.72. The number of ether oxygens (including phenoxy) is 1. The van der Waals surface area contributed by atoms with Crippen molar-refractivity contribution >= 4 is 10.9 Å². The van der Waals surface area contributed by atoms with Gasteiger partial charge in [0.1, 0.15) is 5.75 Å². The van der Waals surface area contributed by atoms with Gasteiger partial charge in [0.2, 0.25) is 0 Å². The second kappa shape index (κ2) is 3.03. The number of methoxy groups -OCH3 is 1. The molecule has 1 N–H and O–H groups in total.